The van der Waals surface area contributed by atoms with Crippen LogP contribution in [0.15, 0.2) is 0 Å². The molecule has 1 unspecified atom stereocenters. The summed E-state index contributed by atoms with van der Waals surface area (Å²) in [4.78, 5) is 25.1. The van der Waals surface area contributed by atoms with E-state index in [4.69, 9.17) is 5.73 Å². The van der Waals surface area contributed by atoms with Crippen LogP contribution in [0.3, 0.4) is 0 Å². The van der Waals surface area contributed by atoms with E-state index >= 15 is 0 Å². The van der Waals surface area contributed by atoms with Crippen LogP contribution in [0, 0.1) is 11.3 Å². The normalized spacial score (nSPS) is 25.2. The fourth-order valence-corrected chi connectivity index (χ4v) is 3.06. The Morgan fingerprint density at radius 1 is 1.39 bits per heavy atom. The van der Waals surface area contributed by atoms with E-state index in [1.165, 1.54) is 0 Å². The van der Waals surface area contributed by atoms with Crippen molar-refractivity contribution in [3.8, 4) is 0 Å². The molecule has 2 amide bonds. The van der Waals surface area contributed by atoms with Crippen molar-refractivity contribution in [2.75, 3.05) is 19.6 Å². The molecule has 3 N–H and O–H groups in total. The van der Waals surface area contributed by atoms with Gasteiger partial charge in [-0.15, -0.1) is 0 Å². The van der Waals surface area contributed by atoms with Crippen molar-refractivity contribution >= 4 is 11.8 Å². The van der Waals surface area contributed by atoms with Crippen LogP contribution >= 0.6 is 0 Å². The highest BCUT2D eigenvalue weighted by Crippen LogP contribution is 2.59. The third kappa shape index (κ3) is 2.51. The van der Waals surface area contributed by atoms with Crippen LogP contribution < -0.4 is 11.1 Å². The van der Waals surface area contributed by atoms with Gasteiger partial charge in [0, 0.05) is 12.0 Å². The van der Waals surface area contributed by atoms with Crippen LogP contribution in [-0.2, 0) is 9.59 Å². The summed E-state index contributed by atoms with van der Waals surface area (Å²) in [5, 5.41) is 3.33. The summed E-state index contributed by atoms with van der Waals surface area (Å²) in [5.41, 5.74) is 5.43. The summed E-state index contributed by atoms with van der Waals surface area (Å²) >= 11 is 0. The lowest BCUT2D eigenvalue weighted by Crippen LogP contribution is -2.44. The first-order valence-corrected chi connectivity index (χ1v) is 6.76. The van der Waals surface area contributed by atoms with Gasteiger partial charge < -0.3 is 16.0 Å². The van der Waals surface area contributed by atoms with Gasteiger partial charge in [-0.05, 0) is 51.6 Å². The molecule has 0 aromatic rings. The lowest BCUT2D eigenvalue weighted by Gasteiger charge is -2.28. The molecule has 102 valence electrons. The Morgan fingerprint density at radius 2 is 2.00 bits per heavy atom. The zero-order chi connectivity index (χ0) is 13.3. The molecule has 1 heterocycles. The number of piperidine rings is 1. The van der Waals surface area contributed by atoms with Gasteiger partial charge in [0.1, 0.15) is 0 Å². The molecule has 1 saturated carbocycles. The van der Waals surface area contributed by atoms with E-state index < -0.39 is 5.91 Å². The molecule has 1 aliphatic heterocycles. The predicted molar refractivity (Wildman–Crippen MR) is 68.7 cm³/mol. The summed E-state index contributed by atoms with van der Waals surface area (Å²) < 4.78 is 0. The molecule has 2 rings (SSSR count). The average molecular weight is 253 g/mol. The Bertz CT molecular complexity index is 348. The second-order valence-electron chi connectivity index (χ2n) is 5.90. The van der Waals surface area contributed by atoms with Gasteiger partial charge in [0.2, 0.25) is 11.8 Å². The van der Waals surface area contributed by atoms with Crippen molar-refractivity contribution in [1.82, 2.24) is 10.2 Å². The van der Waals surface area contributed by atoms with Gasteiger partial charge in [-0.2, -0.15) is 0 Å². The molecular weight excluding hydrogens is 230 g/mol. The fraction of sp³-hybridized carbons (Fsp3) is 0.846. The first-order valence-electron chi connectivity index (χ1n) is 6.76. The molecule has 1 atom stereocenters. The molecule has 2 fully saturated rings. The first kappa shape index (κ1) is 13.3. The minimum atomic E-state index is -0.433. The molecule has 1 spiro atoms. The van der Waals surface area contributed by atoms with Crippen LogP contribution in [0.1, 0.15) is 33.1 Å². The van der Waals surface area contributed by atoms with Gasteiger partial charge in [-0.25, -0.2) is 0 Å². The average Bonchev–Trinajstić information content (AvgIpc) is 2.99. The topological polar surface area (TPSA) is 75.4 Å². The number of rotatable bonds is 4. The van der Waals surface area contributed by atoms with Crippen molar-refractivity contribution in [3.63, 3.8) is 0 Å². The molecule has 0 bridgehead atoms. The molecule has 0 aromatic heterocycles. The number of carbonyl (C=O) groups is 2. The van der Waals surface area contributed by atoms with Gasteiger partial charge in [0.25, 0.3) is 0 Å². The monoisotopic (exact) mass is 253 g/mol. The second kappa shape index (κ2) is 4.88. The van der Waals surface area contributed by atoms with E-state index in [2.05, 4.69) is 5.32 Å². The smallest absolute Gasteiger partial charge is 0.237 e. The van der Waals surface area contributed by atoms with E-state index in [0.29, 0.717) is 0 Å². The van der Waals surface area contributed by atoms with Crippen molar-refractivity contribution in [1.29, 1.82) is 0 Å². The summed E-state index contributed by atoms with van der Waals surface area (Å²) in [6.45, 7) is 5.90. The minimum absolute atomic E-state index is 0.0318. The fourth-order valence-electron chi connectivity index (χ4n) is 3.06. The molecule has 18 heavy (non-hydrogen) atoms. The number of nitrogens with one attached hydrogen (secondary N) is 1. The molecule has 1 aliphatic carbocycles. The molecule has 0 aromatic carbocycles. The molecule has 0 radical (unpaired) electrons. The minimum Gasteiger partial charge on any atom is -0.368 e. The predicted octanol–water partition coefficient (Wildman–Crippen LogP) is 0.0984. The molecule has 5 heteroatoms. The number of hydrogen-bond donors (Lipinski definition) is 2. The standard InChI is InChI=1S/C13H23N3O2/c1-9(2)16(8-11(14)17)12(18)10-7-13(10)3-5-15-6-4-13/h9-10,15H,3-8H2,1-2H3,(H2,14,17). The summed E-state index contributed by atoms with van der Waals surface area (Å²) in [7, 11) is 0. The van der Waals surface area contributed by atoms with E-state index in [1.54, 1.807) is 4.90 Å². The number of hydrogen-bond acceptors (Lipinski definition) is 3. The Morgan fingerprint density at radius 3 is 2.50 bits per heavy atom. The lowest BCUT2D eigenvalue weighted by atomic mass is 9.91. The Kier molecular flexibility index (Phi) is 3.61. The van der Waals surface area contributed by atoms with Crippen LogP contribution in [0.25, 0.3) is 0 Å². The van der Waals surface area contributed by atoms with E-state index in [0.717, 1.165) is 32.4 Å². The number of nitrogens with zero attached hydrogens (tertiary/aromatic N) is 1. The summed E-state index contributed by atoms with van der Waals surface area (Å²) in [6, 6.07) is 0.0318. The van der Waals surface area contributed by atoms with Crippen molar-refractivity contribution in [2.24, 2.45) is 17.1 Å². The van der Waals surface area contributed by atoms with Gasteiger partial charge in [-0.1, -0.05) is 0 Å². The highest BCUT2D eigenvalue weighted by Gasteiger charge is 2.58. The lowest BCUT2D eigenvalue weighted by molar-refractivity contribution is -0.138. The quantitative estimate of drug-likeness (QED) is 0.746. The van der Waals surface area contributed by atoms with Gasteiger partial charge in [0.15, 0.2) is 0 Å². The van der Waals surface area contributed by atoms with E-state index in [1.807, 2.05) is 13.8 Å². The zero-order valence-electron chi connectivity index (χ0n) is 11.2. The maximum atomic E-state index is 12.5. The Labute approximate surface area is 108 Å². The number of primary amides is 1. The summed E-state index contributed by atoms with van der Waals surface area (Å²) in [5.74, 6) is -0.205. The SMILES string of the molecule is CC(C)N(CC(N)=O)C(=O)C1CC12CCNCC2. The first-order chi connectivity index (χ1) is 8.46. The molecular formula is C13H23N3O2. The highest BCUT2D eigenvalue weighted by molar-refractivity contribution is 5.87. The molecule has 5 nitrogen and oxygen atoms in total. The Hall–Kier alpha value is -1.10. The zero-order valence-corrected chi connectivity index (χ0v) is 11.2. The Balaban J connectivity index is 2.00. The molecule has 1 saturated heterocycles. The van der Waals surface area contributed by atoms with Crippen LogP contribution in [0.4, 0.5) is 0 Å². The van der Waals surface area contributed by atoms with Crippen LogP contribution in [-0.4, -0.2) is 42.4 Å². The van der Waals surface area contributed by atoms with E-state index in [9.17, 15) is 9.59 Å². The van der Waals surface area contributed by atoms with Crippen molar-refractivity contribution in [2.45, 2.75) is 39.2 Å². The highest BCUT2D eigenvalue weighted by atomic mass is 16.2. The van der Waals surface area contributed by atoms with E-state index in [-0.39, 0.29) is 29.8 Å². The van der Waals surface area contributed by atoms with Gasteiger partial charge in [-0.3, -0.25) is 9.59 Å². The van der Waals surface area contributed by atoms with Gasteiger partial charge >= 0.3 is 0 Å². The van der Waals surface area contributed by atoms with Crippen molar-refractivity contribution in [3.05, 3.63) is 0 Å². The third-order valence-corrected chi connectivity index (χ3v) is 4.32. The number of nitrogens with two attached hydrogens (primary N) is 1. The second-order valence-corrected chi connectivity index (χ2v) is 5.90. The largest absolute Gasteiger partial charge is 0.368 e. The number of carbonyl (C=O) groups excluding carboxylic acids is 2. The van der Waals surface area contributed by atoms with Gasteiger partial charge in [0.05, 0.1) is 6.54 Å². The van der Waals surface area contributed by atoms with Crippen LogP contribution in [0.2, 0.25) is 0 Å². The third-order valence-electron chi connectivity index (χ3n) is 4.32. The number of amides is 2. The maximum absolute atomic E-state index is 12.5. The summed E-state index contributed by atoms with van der Waals surface area (Å²) in [6.07, 6.45) is 3.13. The van der Waals surface area contributed by atoms with Crippen molar-refractivity contribution < 1.29 is 9.59 Å². The molecule has 2 aliphatic rings. The van der Waals surface area contributed by atoms with Crippen LogP contribution in [0.5, 0.6) is 0 Å². The maximum Gasteiger partial charge on any atom is 0.237 e.